The molecule has 158 valence electrons. The number of amides is 1. The summed E-state index contributed by atoms with van der Waals surface area (Å²) in [5.74, 6) is -0.442. The average Bonchev–Trinajstić information content (AvgIpc) is 3.30. The van der Waals surface area contributed by atoms with E-state index in [4.69, 9.17) is 4.74 Å². The number of aromatic nitrogens is 2. The lowest BCUT2D eigenvalue weighted by Crippen LogP contribution is -2.24. The van der Waals surface area contributed by atoms with Crippen molar-refractivity contribution in [1.82, 2.24) is 9.55 Å². The summed E-state index contributed by atoms with van der Waals surface area (Å²) in [7, 11) is 0. The standard InChI is InChI=1S/C21H17N3O4S3/c1-2-9-28-19(26)12-29-20-23-14-8-7-13(10-17(14)30-20)22-18(25)11-24-15-5-3-4-6-16(15)31-21(24)27/h2-8,10H,1,9,11-12H2,(H,22,25). The molecule has 0 saturated heterocycles. The fourth-order valence-corrected chi connectivity index (χ4v) is 5.66. The average molecular weight is 472 g/mol. The minimum absolute atomic E-state index is 0.0580. The molecular formula is C21H17N3O4S3. The van der Waals surface area contributed by atoms with E-state index in [1.807, 2.05) is 36.4 Å². The normalized spacial score (nSPS) is 11.0. The predicted molar refractivity (Wildman–Crippen MR) is 126 cm³/mol. The zero-order chi connectivity index (χ0) is 21.8. The van der Waals surface area contributed by atoms with Gasteiger partial charge in [-0.25, -0.2) is 4.98 Å². The second-order valence-electron chi connectivity index (χ2n) is 6.39. The Labute approximate surface area is 189 Å². The van der Waals surface area contributed by atoms with Crippen molar-refractivity contribution < 1.29 is 14.3 Å². The van der Waals surface area contributed by atoms with E-state index >= 15 is 0 Å². The van der Waals surface area contributed by atoms with Gasteiger partial charge in [-0.3, -0.25) is 19.0 Å². The Hall–Kier alpha value is -2.95. The number of hydrogen-bond acceptors (Lipinski definition) is 8. The highest BCUT2D eigenvalue weighted by molar-refractivity contribution is 8.01. The summed E-state index contributed by atoms with van der Waals surface area (Å²) in [5.41, 5.74) is 2.15. The zero-order valence-electron chi connectivity index (χ0n) is 16.2. The minimum Gasteiger partial charge on any atom is -0.461 e. The third-order valence-electron chi connectivity index (χ3n) is 4.20. The number of carbonyl (C=O) groups excluding carboxylic acids is 2. The van der Waals surface area contributed by atoms with Crippen molar-refractivity contribution in [2.45, 2.75) is 10.9 Å². The first-order valence-corrected chi connectivity index (χ1v) is 11.8. The number of para-hydroxylation sites is 1. The van der Waals surface area contributed by atoms with Crippen molar-refractivity contribution in [3.63, 3.8) is 0 Å². The summed E-state index contributed by atoms with van der Waals surface area (Å²) in [5, 5.41) is 2.84. The van der Waals surface area contributed by atoms with E-state index in [2.05, 4.69) is 16.9 Å². The fraction of sp³-hybridized carbons (Fsp3) is 0.143. The Morgan fingerprint density at radius 1 is 1.19 bits per heavy atom. The van der Waals surface area contributed by atoms with Gasteiger partial charge in [-0.15, -0.1) is 11.3 Å². The van der Waals surface area contributed by atoms with Gasteiger partial charge in [-0.05, 0) is 30.3 Å². The van der Waals surface area contributed by atoms with Crippen LogP contribution in [0.1, 0.15) is 0 Å². The summed E-state index contributed by atoms with van der Waals surface area (Å²) in [6.45, 7) is 3.64. The van der Waals surface area contributed by atoms with Gasteiger partial charge in [0.2, 0.25) is 5.91 Å². The van der Waals surface area contributed by atoms with Crippen LogP contribution < -0.4 is 10.2 Å². The van der Waals surface area contributed by atoms with E-state index in [1.165, 1.54) is 33.7 Å². The molecule has 0 bridgehead atoms. The highest BCUT2D eigenvalue weighted by Crippen LogP contribution is 2.31. The molecule has 0 radical (unpaired) electrons. The Kier molecular flexibility index (Phi) is 6.50. The summed E-state index contributed by atoms with van der Waals surface area (Å²) < 4.78 is 8.91. The number of anilines is 1. The molecule has 10 heteroatoms. The van der Waals surface area contributed by atoms with Crippen molar-refractivity contribution in [2.75, 3.05) is 17.7 Å². The summed E-state index contributed by atoms with van der Waals surface area (Å²) >= 11 is 3.86. The number of nitrogens with one attached hydrogen (secondary N) is 1. The zero-order valence-corrected chi connectivity index (χ0v) is 18.6. The highest BCUT2D eigenvalue weighted by atomic mass is 32.2. The molecule has 31 heavy (non-hydrogen) atoms. The Morgan fingerprint density at radius 2 is 2.03 bits per heavy atom. The highest BCUT2D eigenvalue weighted by Gasteiger charge is 2.13. The van der Waals surface area contributed by atoms with E-state index < -0.39 is 0 Å². The Morgan fingerprint density at radius 3 is 2.87 bits per heavy atom. The van der Waals surface area contributed by atoms with Crippen molar-refractivity contribution >= 4 is 72.4 Å². The van der Waals surface area contributed by atoms with Gasteiger partial charge < -0.3 is 10.1 Å². The molecule has 2 heterocycles. The summed E-state index contributed by atoms with van der Waals surface area (Å²) in [6, 6.07) is 12.8. The van der Waals surface area contributed by atoms with Crippen molar-refractivity contribution in [3.8, 4) is 0 Å². The maximum Gasteiger partial charge on any atom is 0.316 e. The molecule has 4 aromatic rings. The molecule has 0 saturated carbocycles. The van der Waals surface area contributed by atoms with E-state index in [0.717, 1.165) is 36.1 Å². The summed E-state index contributed by atoms with van der Waals surface area (Å²) in [4.78, 5) is 40.7. The molecule has 2 aromatic carbocycles. The van der Waals surface area contributed by atoms with Crippen molar-refractivity contribution in [3.05, 3.63) is 64.8 Å². The predicted octanol–water partition coefficient (Wildman–Crippen LogP) is 4.13. The van der Waals surface area contributed by atoms with Crippen LogP contribution in [0.5, 0.6) is 0 Å². The van der Waals surface area contributed by atoms with Gasteiger partial charge >= 0.3 is 10.8 Å². The number of fused-ring (bicyclic) bond motifs is 2. The molecule has 2 aromatic heterocycles. The maximum atomic E-state index is 12.5. The second-order valence-corrected chi connectivity index (χ2v) is 9.64. The lowest BCUT2D eigenvalue weighted by atomic mass is 10.3. The molecule has 4 rings (SSSR count). The van der Waals surface area contributed by atoms with Gasteiger partial charge in [0.25, 0.3) is 0 Å². The number of rotatable bonds is 8. The van der Waals surface area contributed by atoms with Crippen LogP contribution in [0.3, 0.4) is 0 Å². The summed E-state index contributed by atoms with van der Waals surface area (Å²) in [6.07, 6.45) is 1.52. The fourth-order valence-electron chi connectivity index (χ4n) is 2.86. The number of carbonyl (C=O) groups is 2. The van der Waals surface area contributed by atoms with Gasteiger partial charge in [-0.2, -0.15) is 0 Å². The van der Waals surface area contributed by atoms with Crippen LogP contribution in [0.25, 0.3) is 20.4 Å². The first-order chi connectivity index (χ1) is 15.0. The van der Waals surface area contributed by atoms with Crippen LogP contribution in [0.4, 0.5) is 5.69 Å². The van der Waals surface area contributed by atoms with E-state index in [-0.39, 0.29) is 35.7 Å². The molecule has 0 fully saturated rings. The Balaban J connectivity index is 1.43. The van der Waals surface area contributed by atoms with Crippen molar-refractivity contribution in [2.24, 2.45) is 0 Å². The number of benzene rings is 2. The number of thioether (sulfide) groups is 1. The SMILES string of the molecule is C=CCOC(=O)CSc1nc2ccc(NC(=O)Cn3c(=O)sc4ccccc43)cc2s1. The minimum atomic E-state index is -0.326. The largest absolute Gasteiger partial charge is 0.461 e. The third kappa shape index (κ3) is 5.04. The molecule has 1 N–H and O–H groups in total. The molecule has 0 unspecified atom stereocenters. The quantitative estimate of drug-likeness (QED) is 0.236. The number of hydrogen-bond donors (Lipinski definition) is 1. The van der Waals surface area contributed by atoms with Gasteiger partial charge in [0.15, 0.2) is 4.34 Å². The van der Waals surface area contributed by atoms with Gasteiger partial charge in [0.1, 0.15) is 13.2 Å². The molecule has 0 aliphatic heterocycles. The molecule has 0 spiro atoms. The van der Waals surface area contributed by atoms with E-state index in [1.54, 1.807) is 6.07 Å². The van der Waals surface area contributed by atoms with Crippen LogP contribution in [-0.4, -0.2) is 33.8 Å². The van der Waals surface area contributed by atoms with Crippen LogP contribution in [-0.2, 0) is 20.9 Å². The first kappa shape index (κ1) is 21.3. The number of esters is 1. The van der Waals surface area contributed by atoms with E-state index in [9.17, 15) is 14.4 Å². The van der Waals surface area contributed by atoms with Crippen LogP contribution in [0, 0.1) is 0 Å². The molecule has 1 amide bonds. The molecule has 0 aliphatic carbocycles. The molecule has 0 aliphatic rings. The van der Waals surface area contributed by atoms with Gasteiger partial charge in [0, 0.05) is 5.69 Å². The second kappa shape index (κ2) is 9.46. The number of nitrogens with zero attached hydrogens (tertiary/aromatic N) is 2. The van der Waals surface area contributed by atoms with Crippen LogP contribution in [0.15, 0.2) is 64.3 Å². The van der Waals surface area contributed by atoms with Crippen LogP contribution in [0.2, 0.25) is 0 Å². The monoisotopic (exact) mass is 471 g/mol. The first-order valence-electron chi connectivity index (χ1n) is 9.21. The van der Waals surface area contributed by atoms with Crippen molar-refractivity contribution in [1.29, 1.82) is 0 Å². The number of ether oxygens (including phenoxy) is 1. The third-order valence-corrected chi connectivity index (χ3v) is 7.30. The Bertz CT molecular complexity index is 1340. The van der Waals surface area contributed by atoms with Crippen LogP contribution >= 0.6 is 34.4 Å². The lowest BCUT2D eigenvalue weighted by Gasteiger charge is -2.06. The number of thiazole rings is 2. The van der Waals surface area contributed by atoms with Gasteiger partial charge in [0.05, 0.1) is 26.2 Å². The smallest absolute Gasteiger partial charge is 0.316 e. The topological polar surface area (TPSA) is 90.3 Å². The molecule has 0 atom stereocenters. The van der Waals surface area contributed by atoms with E-state index in [0.29, 0.717) is 5.69 Å². The lowest BCUT2D eigenvalue weighted by molar-refractivity contribution is -0.139. The molecule has 7 nitrogen and oxygen atoms in total. The van der Waals surface area contributed by atoms with Gasteiger partial charge in [-0.1, -0.05) is 47.9 Å². The molecular weight excluding hydrogens is 454 g/mol. The maximum absolute atomic E-state index is 12.5.